The van der Waals surface area contributed by atoms with Crippen LogP contribution in [0.15, 0.2) is 24.3 Å². The predicted molar refractivity (Wildman–Crippen MR) is 86.6 cm³/mol. The van der Waals surface area contributed by atoms with Gasteiger partial charge >= 0.3 is 0 Å². The summed E-state index contributed by atoms with van der Waals surface area (Å²) in [6.07, 6.45) is 0. The quantitative estimate of drug-likeness (QED) is 0.799. The van der Waals surface area contributed by atoms with Crippen molar-refractivity contribution in [3.63, 3.8) is 0 Å². The van der Waals surface area contributed by atoms with E-state index in [1.54, 1.807) is 7.11 Å². The highest BCUT2D eigenvalue weighted by atomic mass is 35.5. The number of hydrogen-bond acceptors (Lipinski definition) is 5. The maximum Gasteiger partial charge on any atom is 0.136 e. The maximum atomic E-state index is 6.13. The highest BCUT2D eigenvalue weighted by molar-refractivity contribution is 6.31. The summed E-state index contributed by atoms with van der Waals surface area (Å²) in [6, 6.07) is 7.68. The van der Waals surface area contributed by atoms with Crippen LogP contribution in [0.25, 0.3) is 0 Å². The van der Waals surface area contributed by atoms with E-state index in [1.165, 1.54) is 0 Å². The smallest absolute Gasteiger partial charge is 0.136 e. The standard InChI is InChI=1S/C15H19ClN4O/c1-10-4-5-12(8-13(10)16)20-15-9-14(17-6-7-21-3)18-11(2)19-15/h4-5,8-9H,6-7H2,1-3H3,(H2,17,18,19,20). The molecule has 2 aromatic rings. The summed E-state index contributed by atoms with van der Waals surface area (Å²) in [5, 5.41) is 7.15. The molecular weight excluding hydrogens is 288 g/mol. The van der Waals surface area contributed by atoms with Crippen LogP contribution in [0.1, 0.15) is 11.4 Å². The molecule has 0 spiro atoms. The first-order valence-electron chi connectivity index (χ1n) is 6.70. The molecule has 0 bridgehead atoms. The Bertz CT molecular complexity index is 619. The second kappa shape index (κ2) is 7.24. The maximum absolute atomic E-state index is 6.13. The number of aryl methyl sites for hydroxylation is 2. The Hall–Kier alpha value is -1.85. The molecule has 0 amide bonds. The van der Waals surface area contributed by atoms with Crippen molar-refractivity contribution in [2.24, 2.45) is 0 Å². The van der Waals surface area contributed by atoms with Gasteiger partial charge in [-0.25, -0.2) is 9.97 Å². The number of aromatic nitrogens is 2. The fraction of sp³-hybridized carbons (Fsp3) is 0.333. The molecule has 1 aromatic heterocycles. The van der Waals surface area contributed by atoms with Gasteiger partial charge in [-0.15, -0.1) is 0 Å². The summed E-state index contributed by atoms with van der Waals surface area (Å²) in [5.41, 5.74) is 1.94. The SMILES string of the molecule is COCCNc1cc(Nc2ccc(C)c(Cl)c2)nc(C)n1. The lowest BCUT2D eigenvalue weighted by molar-refractivity contribution is 0.210. The van der Waals surface area contributed by atoms with E-state index < -0.39 is 0 Å². The van der Waals surface area contributed by atoms with Crippen LogP contribution in [0.2, 0.25) is 5.02 Å². The fourth-order valence-electron chi connectivity index (χ4n) is 1.82. The summed E-state index contributed by atoms with van der Waals surface area (Å²) in [6.45, 7) is 5.15. The highest BCUT2D eigenvalue weighted by Crippen LogP contribution is 2.23. The van der Waals surface area contributed by atoms with Gasteiger partial charge in [0.25, 0.3) is 0 Å². The Morgan fingerprint density at radius 1 is 1.14 bits per heavy atom. The molecule has 1 heterocycles. The number of benzene rings is 1. The van der Waals surface area contributed by atoms with Gasteiger partial charge in [-0.3, -0.25) is 0 Å². The van der Waals surface area contributed by atoms with Gasteiger partial charge in [-0.2, -0.15) is 0 Å². The zero-order valence-corrected chi connectivity index (χ0v) is 13.2. The molecule has 0 saturated carbocycles. The average Bonchev–Trinajstić information content (AvgIpc) is 2.43. The van der Waals surface area contributed by atoms with Gasteiger partial charge in [0.2, 0.25) is 0 Å². The van der Waals surface area contributed by atoms with Crippen LogP contribution >= 0.6 is 11.6 Å². The molecule has 0 radical (unpaired) electrons. The Kier molecular flexibility index (Phi) is 5.36. The zero-order chi connectivity index (χ0) is 15.2. The van der Waals surface area contributed by atoms with Crippen LogP contribution in [0.5, 0.6) is 0 Å². The van der Waals surface area contributed by atoms with Crippen LogP contribution in [0, 0.1) is 13.8 Å². The first-order chi connectivity index (χ1) is 10.1. The zero-order valence-electron chi connectivity index (χ0n) is 12.4. The van der Waals surface area contributed by atoms with E-state index in [4.69, 9.17) is 16.3 Å². The molecular formula is C15H19ClN4O. The Balaban J connectivity index is 2.13. The minimum Gasteiger partial charge on any atom is -0.383 e. The lowest BCUT2D eigenvalue weighted by Gasteiger charge is -2.10. The molecule has 0 aliphatic carbocycles. The number of ether oxygens (including phenoxy) is 1. The monoisotopic (exact) mass is 306 g/mol. The number of hydrogen-bond donors (Lipinski definition) is 2. The van der Waals surface area contributed by atoms with E-state index in [0.29, 0.717) is 19.0 Å². The van der Waals surface area contributed by atoms with Crippen molar-refractivity contribution >= 4 is 28.9 Å². The van der Waals surface area contributed by atoms with Gasteiger partial charge < -0.3 is 15.4 Å². The molecule has 0 saturated heterocycles. The van der Waals surface area contributed by atoms with Crippen LogP contribution < -0.4 is 10.6 Å². The molecule has 2 N–H and O–H groups in total. The Morgan fingerprint density at radius 3 is 2.62 bits per heavy atom. The number of halogens is 1. The Morgan fingerprint density at radius 2 is 1.90 bits per heavy atom. The second-order valence-corrected chi connectivity index (χ2v) is 5.10. The van der Waals surface area contributed by atoms with Gasteiger partial charge in [0.1, 0.15) is 17.5 Å². The van der Waals surface area contributed by atoms with Crippen molar-refractivity contribution in [2.45, 2.75) is 13.8 Å². The molecule has 0 fully saturated rings. The van der Waals surface area contributed by atoms with E-state index in [9.17, 15) is 0 Å². The van der Waals surface area contributed by atoms with Crippen LogP contribution in [0.3, 0.4) is 0 Å². The summed E-state index contributed by atoms with van der Waals surface area (Å²) >= 11 is 6.13. The van der Waals surface area contributed by atoms with Gasteiger partial charge in [0.05, 0.1) is 6.61 Å². The molecule has 0 atom stereocenters. The lowest BCUT2D eigenvalue weighted by atomic mass is 10.2. The average molecular weight is 307 g/mol. The molecule has 0 unspecified atom stereocenters. The molecule has 21 heavy (non-hydrogen) atoms. The molecule has 6 heteroatoms. The predicted octanol–water partition coefficient (Wildman–Crippen LogP) is 3.55. The fourth-order valence-corrected chi connectivity index (χ4v) is 2.00. The van der Waals surface area contributed by atoms with E-state index >= 15 is 0 Å². The van der Waals surface area contributed by atoms with E-state index in [0.717, 1.165) is 27.9 Å². The van der Waals surface area contributed by atoms with Gasteiger partial charge in [0.15, 0.2) is 0 Å². The molecule has 0 aliphatic rings. The molecule has 1 aromatic carbocycles. The van der Waals surface area contributed by atoms with Gasteiger partial charge in [0, 0.05) is 30.4 Å². The van der Waals surface area contributed by atoms with E-state index in [-0.39, 0.29) is 0 Å². The minimum atomic E-state index is 0.624. The van der Waals surface area contributed by atoms with E-state index in [1.807, 2.05) is 38.1 Å². The number of rotatable bonds is 6. The third-order valence-corrected chi connectivity index (χ3v) is 3.30. The normalized spacial score (nSPS) is 10.5. The number of anilines is 3. The van der Waals surface area contributed by atoms with E-state index in [2.05, 4.69) is 20.6 Å². The van der Waals surface area contributed by atoms with Crippen LogP contribution in [0.4, 0.5) is 17.3 Å². The third-order valence-electron chi connectivity index (χ3n) is 2.89. The molecule has 5 nitrogen and oxygen atoms in total. The van der Waals surface area contributed by atoms with Gasteiger partial charge in [-0.05, 0) is 31.5 Å². The van der Waals surface area contributed by atoms with Gasteiger partial charge in [-0.1, -0.05) is 17.7 Å². The summed E-state index contributed by atoms with van der Waals surface area (Å²) < 4.78 is 5.01. The topological polar surface area (TPSA) is 59.1 Å². The second-order valence-electron chi connectivity index (χ2n) is 4.69. The number of nitrogens with zero attached hydrogens (tertiary/aromatic N) is 2. The highest BCUT2D eigenvalue weighted by Gasteiger charge is 2.03. The van der Waals surface area contributed by atoms with Crippen LogP contribution in [-0.4, -0.2) is 30.2 Å². The first kappa shape index (κ1) is 15.5. The summed E-state index contributed by atoms with van der Waals surface area (Å²) in [5.74, 6) is 2.18. The van der Waals surface area contributed by atoms with Crippen molar-refractivity contribution in [3.8, 4) is 0 Å². The number of methoxy groups -OCH3 is 1. The van der Waals surface area contributed by atoms with Crippen LogP contribution in [-0.2, 0) is 4.74 Å². The van der Waals surface area contributed by atoms with Crippen molar-refractivity contribution in [3.05, 3.63) is 40.7 Å². The van der Waals surface area contributed by atoms with Crippen molar-refractivity contribution < 1.29 is 4.74 Å². The molecule has 2 rings (SSSR count). The summed E-state index contributed by atoms with van der Waals surface area (Å²) in [4.78, 5) is 8.71. The molecule has 112 valence electrons. The number of nitrogens with one attached hydrogen (secondary N) is 2. The van der Waals surface area contributed by atoms with Crippen molar-refractivity contribution in [2.75, 3.05) is 30.9 Å². The minimum absolute atomic E-state index is 0.624. The largest absolute Gasteiger partial charge is 0.383 e. The van der Waals surface area contributed by atoms with Crippen molar-refractivity contribution in [1.82, 2.24) is 9.97 Å². The third kappa shape index (κ3) is 4.58. The molecule has 0 aliphatic heterocycles. The first-order valence-corrected chi connectivity index (χ1v) is 7.08. The van der Waals surface area contributed by atoms with Crippen molar-refractivity contribution in [1.29, 1.82) is 0 Å². The lowest BCUT2D eigenvalue weighted by Crippen LogP contribution is -2.10. The summed E-state index contributed by atoms with van der Waals surface area (Å²) in [7, 11) is 1.67. The Labute approximate surface area is 129 Å².